The molecule has 3 rings (SSSR count). The van der Waals surface area contributed by atoms with E-state index in [4.69, 9.17) is 14.6 Å². The van der Waals surface area contributed by atoms with E-state index in [1.807, 2.05) is 66.7 Å². The van der Waals surface area contributed by atoms with Crippen LogP contribution >= 0.6 is 0 Å². The summed E-state index contributed by atoms with van der Waals surface area (Å²) in [5.74, 6) is -0.0933. The Balaban J connectivity index is 1.51. The molecule has 0 saturated heterocycles. The minimum atomic E-state index is -1.35. The average molecular weight is 443 g/mol. The highest BCUT2D eigenvalue weighted by Crippen LogP contribution is 2.20. The van der Waals surface area contributed by atoms with Gasteiger partial charge in [-0.05, 0) is 73.5 Å². The predicted octanol–water partition coefficient (Wildman–Crippen LogP) is 5.92. The third kappa shape index (κ3) is 7.21. The van der Waals surface area contributed by atoms with E-state index >= 15 is 0 Å². The quantitative estimate of drug-likeness (QED) is 0.312. The zero-order valence-electron chi connectivity index (χ0n) is 18.6. The van der Waals surface area contributed by atoms with Crippen molar-refractivity contribution < 1.29 is 24.2 Å². The summed E-state index contributed by atoms with van der Waals surface area (Å²) in [6.45, 7) is 3.40. The standard InChI is InChI=1S/C28H26O5/c1-28(2,27(30)31)33-25-17-13-23(14-18-25)26(29)19-12-22-10-15-24(16-11-22)32-20-6-9-21-7-4-3-5-8-21/h3-19H,20H2,1-2H3,(H,30,31). The van der Waals surface area contributed by atoms with Gasteiger partial charge in [0.1, 0.15) is 18.1 Å². The van der Waals surface area contributed by atoms with Gasteiger partial charge in [-0.25, -0.2) is 4.79 Å². The molecular weight excluding hydrogens is 416 g/mol. The second-order valence-corrected chi connectivity index (χ2v) is 7.83. The number of hydrogen-bond acceptors (Lipinski definition) is 4. The molecule has 1 N–H and O–H groups in total. The molecule has 0 amide bonds. The number of carboxylic acid groups (broad SMARTS) is 1. The Kier molecular flexibility index (Phi) is 7.82. The van der Waals surface area contributed by atoms with Gasteiger partial charge in [-0.3, -0.25) is 4.79 Å². The Bertz CT molecular complexity index is 1130. The number of hydrogen-bond donors (Lipinski definition) is 1. The summed E-state index contributed by atoms with van der Waals surface area (Å²) >= 11 is 0. The first-order chi connectivity index (χ1) is 15.8. The zero-order chi connectivity index (χ0) is 23.7. The van der Waals surface area contributed by atoms with Crippen molar-refractivity contribution in [2.45, 2.75) is 19.4 Å². The SMILES string of the molecule is CC(C)(Oc1ccc(C(=O)C=Cc2ccc(OCC=Cc3ccccc3)cc2)cc1)C(=O)O. The second-order valence-electron chi connectivity index (χ2n) is 7.83. The van der Waals surface area contributed by atoms with E-state index < -0.39 is 11.6 Å². The van der Waals surface area contributed by atoms with Crippen molar-refractivity contribution in [3.63, 3.8) is 0 Å². The van der Waals surface area contributed by atoms with Crippen molar-refractivity contribution in [1.82, 2.24) is 0 Å². The fourth-order valence-corrected chi connectivity index (χ4v) is 2.86. The van der Waals surface area contributed by atoms with Gasteiger partial charge in [0.05, 0.1) is 0 Å². The molecule has 0 heterocycles. The summed E-state index contributed by atoms with van der Waals surface area (Å²) in [7, 11) is 0. The molecule has 0 fully saturated rings. The number of ether oxygens (including phenoxy) is 2. The van der Waals surface area contributed by atoms with Crippen LogP contribution in [0, 0.1) is 0 Å². The minimum Gasteiger partial charge on any atom is -0.490 e. The monoisotopic (exact) mass is 442 g/mol. The first-order valence-electron chi connectivity index (χ1n) is 10.5. The summed E-state index contributed by atoms with van der Waals surface area (Å²) in [4.78, 5) is 23.6. The predicted molar refractivity (Wildman–Crippen MR) is 130 cm³/mol. The lowest BCUT2D eigenvalue weighted by Gasteiger charge is -2.21. The normalized spacial score (nSPS) is 11.6. The molecular formula is C28H26O5. The molecule has 0 unspecified atom stereocenters. The van der Waals surface area contributed by atoms with Gasteiger partial charge in [0.2, 0.25) is 0 Å². The lowest BCUT2D eigenvalue weighted by Crippen LogP contribution is -2.37. The fraction of sp³-hybridized carbons (Fsp3) is 0.143. The van der Waals surface area contributed by atoms with Gasteiger partial charge in [-0.1, -0.05) is 54.6 Å². The van der Waals surface area contributed by atoms with Crippen LogP contribution in [0.1, 0.15) is 35.3 Å². The highest BCUT2D eigenvalue weighted by atomic mass is 16.5. The summed E-state index contributed by atoms with van der Waals surface area (Å²) in [5, 5.41) is 9.14. The van der Waals surface area contributed by atoms with E-state index in [1.165, 1.54) is 19.9 Å². The molecule has 0 radical (unpaired) electrons. The van der Waals surface area contributed by atoms with Crippen molar-refractivity contribution in [3.05, 3.63) is 108 Å². The van der Waals surface area contributed by atoms with E-state index in [0.29, 0.717) is 17.9 Å². The Hall–Kier alpha value is -4.12. The number of carboxylic acids is 1. The van der Waals surface area contributed by atoms with Gasteiger partial charge in [-0.15, -0.1) is 0 Å². The van der Waals surface area contributed by atoms with E-state index in [-0.39, 0.29) is 5.78 Å². The maximum atomic E-state index is 12.4. The smallest absolute Gasteiger partial charge is 0.347 e. The topological polar surface area (TPSA) is 72.8 Å². The largest absolute Gasteiger partial charge is 0.490 e. The molecule has 0 aliphatic heterocycles. The number of allylic oxidation sites excluding steroid dienone is 1. The van der Waals surface area contributed by atoms with Crippen LogP contribution in [-0.4, -0.2) is 29.1 Å². The molecule has 0 bridgehead atoms. The molecule has 0 aliphatic rings. The minimum absolute atomic E-state index is 0.162. The van der Waals surface area contributed by atoms with Gasteiger partial charge < -0.3 is 14.6 Å². The van der Waals surface area contributed by atoms with Crippen molar-refractivity contribution in [2.75, 3.05) is 6.61 Å². The van der Waals surface area contributed by atoms with Crippen molar-refractivity contribution in [2.24, 2.45) is 0 Å². The van der Waals surface area contributed by atoms with Crippen LogP contribution in [0.4, 0.5) is 0 Å². The number of aliphatic carboxylic acids is 1. The lowest BCUT2D eigenvalue weighted by molar-refractivity contribution is -0.152. The Morgan fingerprint density at radius 1 is 0.818 bits per heavy atom. The fourth-order valence-electron chi connectivity index (χ4n) is 2.86. The Labute approximate surface area is 193 Å². The van der Waals surface area contributed by atoms with E-state index in [0.717, 1.165) is 16.9 Å². The first kappa shape index (κ1) is 23.5. The summed E-state index contributed by atoms with van der Waals surface area (Å²) in [6.07, 6.45) is 7.20. The molecule has 0 atom stereocenters. The van der Waals surface area contributed by atoms with E-state index in [2.05, 4.69) is 0 Å². The summed E-state index contributed by atoms with van der Waals surface area (Å²) in [5.41, 5.74) is 1.13. The first-order valence-corrected chi connectivity index (χ1v) is 10.5. The van der Waals surface area contributed by atoms with Gasteiger partial charge in [0, 0.05) is 5.56 Å². The van der Waals surface area contributed by atoms with Gasteiger partial charge in [-0.2, -0.15) is 0 Å². The van der Waals surface area contributed by atoms with Crippen LogP contribution in [0.5, 0.6) is 11.5 Å². The summed E-state index contributed by atoms with van der Waals surface area (Å²) in [6, 6.07) is 23.9. The maximum absolute atomic E-state index is 12.4. The number of ketones is 1. The molecule has 0 saturated carbocycles. The lowest BCUT2D eigenvalue weighted by atomic mass is 10.1. The van der Waals surface area contributed by atoms with Gasteiger partial charge in [0.25, 0.3) is 0 Å². The summed E-state index contributed by atoms with van der Waals surface area (Å²) < 4.78 is 11.2. The highest BCUT2D eigenvalue weighted by Gasteiger charge is 2.29. The Morgan fingerprint density at radius 2 is 1.42 bits per heavy atom. The molecule has 0 aliphatic carbocycles. The molecule has 168 valence electrons. The second kappa shape index (κ2) is 11.0. The van der Waals surface area contributed by atoms with Crippen molar-refractivity contribution in [1.29, 1.82) is 0 Å². The molecule has 3 aromatic carbocycles. The van der Waals surface area contributed by atoms with E-state index in [1.54, 1.807) is 30.3 Å². The zero-order valence-corrected chi connectivity index (χ0v) is 18.6. The van der Waals surface area contributed by atoms with Crippen LogP contribution < -0.4 is 9.47 Å². The van der Waals surface area contributed by atoms with Crippen molar-refractivity contribution in [3.8, 4) is 11.5 Å². The molecule has 5 heteroatoms. The van der Waals surface area contributed by atoms with Gasteiger partial charge in [0.15, 0.2) is 11.4 Å². The van der Waals surface area contributed by atoms with Crippen LogP contribution in [0.2, 0.25) is 0 Å². The number of carbonyl (C=O) groups excluding carboxylic acids is 1. The third-order valence-corrected chi connectivity index (χ3v) is 4.79. The number of carbonyl (C=O) groups is 2. The number of benzene rings is 3. The van der Waals surface area contributed by atoms with Crippen LogP contribution in [-0.2, 0) is 4.79 Å². The molecule has 0 spiro atoms. The average Bonchev–Trinajstić information content (AvgIpc) is 2.82. The molecule has 3 aromatic rings. The molecule has 5 nitrogen and oxygen atoms in total. The number of rotatable bonds is 10. The van der Waals surface area contributed by atoms with Crippen LogP contribution in [0.25, 0.3) is 12.2 Å². The van der Waals surface area contributed by atoms with Gasteiger partial charge >= 0.3 is 5.97 Å². The molecule has 0 aromatic heterocycles. The third-order valence-electron chi connectivity index (χ3n) is 4.79. The van der Waals surface area contributed by atoms with Crippen molar-refractivity contribution >= 4 is 23.9 Å². The Morgan fingerprint density at radius 3 is 2.06 bits per heavy atom. The van der Waals surface area contributed by atoms with Crippen LogP contribution in [0.15, 0.2) is 91.0 Å². The van der Waals surface area contributed by atoms with E-state index in [9.17, 15) is 9.59 Å². The highest BCUT2D eigenvalue weighted by molar-refractivity contribution is 6.06. The van der Waals surface area contributed by atoms with Crippen LogP contribution in [0.3, 0.4) is 0 Å². The maximum Gasteiger partial charge on any atom is 0.347 e. The molecule has 33 heavy (non-hydrogen) atoms.